The van der Waals surface area contributed by atoms with Crippen LogP contribution in [-0.2, 0) is 10.1 Å². The fraction of sp³-hybridized carbons (Fsp3) is 0. The Kier molecular flexibility index (Phi) is 3.47. The van der Waals surface area contributed by atoms with Gasteiger partial charge in [0.2, 0.25) is 0 Å². The van der Waals surface area contributed by atoms with Crippen LogP contribution >= 0.6 is 0 Å². The maximum atomic E-state index is 11.5. The van der Waals surface area contributed by atoms with Crippen LogP contribution in [0.1, 0.15) is 0 Å². The van der Waals surface area contributed by atoms with Gasteiger partial charge in [-0.1, -0.05) is 48.5 Å². The van der Waals surface area contributed by atoms with E-state index >= 15 is 0 Å². The summed E-state index contributed by atoms with van der Waals surface area (Å²) in [6.07, 6.45) is 0. The van der Waals surface area contributed by atoms with Gasteiger partial charge in [0.1, 0.15) is 10.1 Å². The van der Waals surface area contributed by atoms with Crippen LogP contribution < -0.4 is 29.6 Å². The van der Waals surface area contributed by atoms with E-state index in [9.17, 15) is 13.0 Å². The fourth-order valence-electron chi connectivity index (χ4n) is 2.94. The van der Waals surface area contributed by atoms with Crippen LogP contribution in [0.15, 0.2) is 59.5 Å². The molecule has 21 heavy (non-hydrogen) atoms. The van der Waals surface area contributed by atoms with Crippen molar-refractivity contribution >= 4 is 42.4 Å². The molecular weight excluding hydrogens is 295 g/mol. The third-order valence-electron chi connectivity index (χ3n) is 3.74. The molecule has 0 aliphatic heterocycles. The molecule has 98 valence electrons. The van der Waals surface area contributed by atoms with Crippen molar-refractivity contribution in [3.63, 3.8) is 0 Å². The van der Waals surface area contributed by atoms with Crippen molar-refractivity contribution < 1.29 is 42.5 Å². The summed E-state index contributed by atoms with van der Waals surface area (Å²) in [5.74, 6) is 0. The summed E-state index contributed by atoms with van der Waals surface area (Å²) >= 11 is 0. The Morgan fingerprint density at radius 1 is 0.762 bits per heavy atom. The summed E-state index contributed by atoms with van der Waals surface area (Å²) in [5, 5.41) is 5.12. The molecule has 0 aliphatic carbocycles. The van der Waals surface area contributed by atoms with Crippen LogP contribution in [0.2, 0.25) is 0 Å². The minimum absolute atomic E-state index is 0. The first-order valence-corrected chi connectivity index (χ1v) is 7.59. The second-order valence-electron chi connectivity index (χ2n) is 4.88. The standard InChI is InChI=1S/C16H10O3S.Na/c17-20(18,19)14-9-12-5-1-3-10-7-8-11-4-2-6-13(14)16(11)15(10)12;/h1-9H,(H,17,18,19);/q;+1/p-1. The van der Waals surface area contributed by atoms with Crippen molar-refractivity contribution in [2.75, 3.05) is 0 Å². The topological polar surface area (TPSA) is 57.2 Å². The Balaban J connectivity index is 0.00000132. The maximum absolute atomic E-state index is 11.5. The summed E-state index contributed by atoms with van der Waals surface area (Å²) in [6.45, 7) is 0. The minimum atomic E-state index is -4.50. The fourth-order valence-corrected chi connectivity index (χ4v) is 3.65. The predicted octanol–water partition coefficient (Wildman–Crippen LogP) is 0.492. The zero-order valence-electron chi connectivity index (χ0n) is 11.3. The summed E-state index contributed by atoms with van der Waals surface area (Å²) in [5.41, 5.74) is 0. The van der Waals surface area contributed by atoms with Gasteiger partial charge in [-0.05, 0) is 33.0 Å². The monoisotopic (exact) mass is 304 g/mol. The first-order chi connectivity index (χ1) is 9.55. The molecule has 0 saturated carbocycles. The van der Waals surface area contributed by atoms with Crippen molar-refractivity contribution in [1.82, 2.24) is 0 Å². The van der Waals surface area contributed by atoms with Gasteiger partial charge >= 0.3 is 29.6 Å². The molecular formula is C16H9NaO3S. The van der Waals surface area contributed by atoms with Gasteiger partial charge in [0.15, 0.2) is 0 Å². The van der Waals surface area contributed by atoms with Gasteiger partial charge < -0.3 is 4.55 Å². The van der Waals surface area contributed by atoms with E-state index in [1.165, 1.54) is 6.07 Å². The predicted molar refractivity (Wildman–Crippen MR) is 78.1 cm³/mol. The molecule has 0 aliphatic rings. The van der Waals surface area contributed by atoms with Crippen molar-refractivity contribution in [2.24, 2.45) is 0 Å². The molecule has 0 aromatic heterocycles. The van der Waals surface area contributed by atoms with Gasteiger partial charge in [-0.3, -0.25) is 0 Å². The van der Waals surface area contributed by atoms with Gasteiger partial charge in [-0.25, -0.2) is 8.42 Å². The SMILES string of the molecule is O=S(=O)([O-])c1cc2cccc3ccc4cccc1c4c32.[Na+]. The van der Waals surface area contributed by atoms with E-state index in [1.54, 1.807) is 12.1 Å². The van der Waals surface area contributed by atoms with Gasteiger partial charge in [0, 0.05) is 5.39 Å². The zero-order chi connectivity index (χ0) is 13.9. The van der Waals surface area contributed by atoms with E-state index in [0.717, 1.165) is 26.9 Å². The van der Waals surface area contributed by atoms with E-state index in [0.29, 0.717) is 5.39 Å². The molecule has 0 atom stereocenters. The van der Waals surface area contributed by atoms with E-state index in [1.807, 2.05) is 36.4 Å². The average molecular weight is 304 g/mol. The zero-order valence-corrected chi connectivity index (χ0v) is 14.1. The van der Waals surface area contributed by atoms with Crippen LogP contribution in [0.5, 0.6) is 0 Å². The molecule has 0 radical (unpaired) electrons. The molecule has 0 unspecified atom stereocenters. The van der Waals surface area contributed by atoms with Gasteiger partial charge in [-0.2, -0.15) is 0 Å². The minimum Gasteiger partial charge on any atom is -0.744 e. The molecule has 4 aromatic carbocycles. The van der Waals surface area contributed by atoms with E-state index in [2.05, 4.69) is 0 Å². The van der Waals surface area contributed by atoms with Gasteiger partial charge in [-0.15, -0.1) is 0 Å². The summed E-state index contributed by atoms with van der Waals surface area (Å²) in [6, 6.07) is 16.5. The molecule has 0 heterocycles. The number of hydrogen-bond donors (Lipinski definition) is 0. The third-order valence-corrected chi connectivity index (χ3v) is 4.62. The molecule has 0 fully saturated rings. The van der Waals surface area contributed by atoms with E-state index in [4.69, 9.17) is 0 Å². The van der Waals surface area contributed by atoms with Crippen LogP contribution in [0.25, 0.3) is 32.3 Å². The van der Waals surface area contributed by atoms with E-state index < -0.39 is 10.1 Å². The smallest absolute Gasteiger partial charge is 0.744 e. The summed E-state index contributed by atoms with van der Waals surface area (Å²) in [7, 11) is -4.50. The quantitative estimate of drug-likeness (QED) is 0.292. The molecule has 3 nitrogen and oxygen atoms in total. The van der Waals surface area contributed by atoms with Crippen LogP contribution in [0, 0.1) is 0 Å². The largest absolute Gasteiger partial charge is 1.00 e. The summed E-state index contributed by atoms with van der Waals surface area (Å²) in [4.78, 5) is -0.144. The molecule has 4 aromatic rings. The van der Waals surface area contributed by atoms with Crippen molar-refractivity contribution in [3.8, 4) is 0 Å². The van der Waals surface area contributed by atoms with Crippen molar-refractivity contribution in [1.29, 1.82) is 0 Å². The number of hydrogen-bond acceptors (Lipinski definition) is 3. The third kappa shape index (κ3) is 2.15. The Labute approximate surface area is 143 Å². The van der Waals surface area contributed by atoms with Crippen LogP contribution in [-0.4, -0.2) is 13.0 Å². The van der Waals surface area contributed by atoms with Gasteiger partial charge in [0.25, 0.3) is 0 Å². The first kappa shape index (κ1) is 14.8. The van der Waals surface area contributed by atoms with Gasteiger partial charge in [0.05, 0.1) is 4.90 Å². The average Bonchev–Trinajstić information content (AvgIpc) is 2.43. The molecule has 0 spiro atoms. The first-order valence-electron chi connectivity index (χ1n) is 6.18. The van der Waals surface area contributed by atoms with Crippen LogP contribution in [0.4, 0.5) is 0 Å². The Hall–Kier alpha value is -1.17. The molecule has 0 bridgehead atoms. The molecule has 5 heteroatoms. The van der Waals surface area contributed by atoms with Crippen molar-refractivity contribution in [3.05, 3.63) is 54.6 Å². The molecule has 4 rings (SSSR count). The van der Waals surface area contributed by atoms with Crippen molar-refractivity contribution in [2.45, 2.75) is 4.90 Å². The normalized spacial score (nSPS) is 12.0. The molecule has 0 amide bonds. The maximum Gasteiger partial charge on any atom is 1.00 e. The van der Waals surface area contributed by atoms with E-state index in [-0.39, 0.29) is 34.5 Å². The second kappa shape index (κ2) is 4.93. The molecule has 0 N–H and O–H groups in total. The Morgan fingerprint density at radius 2 is 1.33 bits per heavy atom. The second-order valence-corrected chi connectivity index (χ2v) is 6.23. The molecule has 0 saturated heterocycles. The van der Waals surface area contributed by atoms with Crippen LogP contribution in [0.3, 0.4) is 0 Å². The Morgan fingerprint density at radius 3 is 2.00 bits per heavy atom. The number of rotatable bonds is 1. The summed E-state index contributed by atoms with van der Waals surface area (Å²) < 4.78 is 34.6. The number of benzene rings is 4. The Bertz CT molecular complexity index is 1070.